The second-order valence-electron chi connectivity index (χ2n) is 7.39. The molecule has 0 radical (unpaired) electrons. The fraction of sp³-hybridized carbons (Fsp3) is 0.115. The second kappa shape index (κ2) is 9.94. The Morgan fingerprint density at radius 1 is 0.853 bits per heavy atom. The van der Waals surface area contributed by atoms with Crippen molar-refractivity contribution >= 4 is 16.8 Å². The second-order valence-corrected chi connectivity index (χ2v) is 8.46. The molecule has 8 heteroatoms. The molecule has 174 valence electrons. The monoisotopic (exact) mass is 476 g/mol. The summed E-state index contributed by atoms with van der Waals surface area (Å²) in [5, 5.41) is 5.47. The summed E-state index contributed by atoms with van der Waals surface area (Å²) >= 11 is 0. The first kappa shape index (κ1) is 23.3. The van der Waals surface area contributed by atoms with Crippen molar-refractivity contribution in [2.45, 2.75) is 4.90 Å². The summed E-state index contributed by atoms with van der Waals surface area (Å²) in [4.78, 5) is 14.3. The van der Waals surface area contributed by atoms with Crippen molar-refractivity contribution in [3.63, 3.8) is 0 Å². The number of methoxy groups -OCH3 is 3. The van der Waals surface area contributed by atoms with E-state index in [1.807, 2.05) is 53.2 Å². The molecule has 4 aromatic rings. The molecule has 34 heavy (non-hydrogen) atoms. The zero-order valence-electron chi connectivity index (χ0n) is 19.0. The molecular formula is C26H24N2O5S. The van der Waals surface area contributed by atoms with Crippen molar-refractivity contribution in [3.05, 3.63) is 90.3 Å². The number of hydrogen-bond acceptors (Lipinski definition) is 5. The van der Waals surface area contributed by atoms with Gasteiger partial charge in [0.1, 0.15) is 11.0 Å². The van der Waals surface area contributed by atoms with Crippen LogP contribution < -0.4 is 19.3 Å². The Kier molecular flexibility index (Phi) is 6.81. The maximum Gasteiger partial charge on any atom is 0.203 e. The zero-order valence-corrected chi connectivity index (χ0v) is 19.8. The van der Waals surface area contributed by atoms with E-state index in [0.717, 1.165) is 16.8 Å². The minimum Gasteiger partial charge on any atom is -0.493 e. The van der Waals surface area contributed by atoms with Gasteiger partial charge in [0.15, 0.2) is 17.3 Å². The predicted octanol–water partition coefficient (Wildman–Crippen LogP) is 4.38. The molecule has 1 heterocycles. The largest absolute Gasteiger partial charge is 0.493 e. The number of carbonyl (C=O) groups excluding carboxylic acids is 1. The van der Waals surface area contributed by atoms with Gasteiger partial charge in [-0.2, -0.15) is 0 Å². The van der Waals surface area contributed by atoms with Crippen LogP contribution in [0.2, 0.25) is 0 Å². The molecule has 7 nitrogen and oxygen atoms in total. The first-order valence-electron chi connectivity index (χ1n) is 10.4. The topological polar surface area (TPSA) is 92.8 Å². The number of nitrogens with zero attached hydrogens (tertiary/aromatic N) is 1. The number of carbonyl (C=O) groups is 1. The molecule has 4 rings (SSSR count). The average Bonchev–Trinajstić information content (AvgIpc) is 3.33. The van der Waals surface area contributed by atoms with Gasteiger partial charge in [0, 0.05) is 34.8 Å². The molecule has 1 atom stereocenters. The van der Waals surface area contributed by atoms with Crippen LogP contribution in [0.4, 0.5) is 0 Å². The van der Waals surface area contributed by atoms with E-state index in [1.165, 1.54) is 21.3 Å². The quantitative estimate of drug-likeness (QED) is 0.381. The summed E-state index contributed by atoms with van der Waals surface area (Å²) in [6.07, 6.45) is 3.68. The highest BCUT2D eigenvalue weighted by atomic mass is 32.2. The Morgan fingerprint density at radius 2 is 1.47 bits per heavy atom. The van der Waals surface area contributed by atoms with Gasteiger partial charge in [-0.15, -0.1) is 0 Å². The number of ketones is 1. The van der Waals surface area contributed by atoms with Crippen molar-refractivity contribution < 1.29 is 23.2 Å². The van der Waals surface area contributed by atoms with Crippen LogP contribution in [0.15, 0.2) is 84.0 Å². The molecule has 0 aliphatic carbocycles. The molecule has 0 aliphatic heterocycles. The number of hydrogen-bond donors (Lipinski definition) is 1. The highest BCUT2D eigenvalue weighted by molar-refractivity contribution is 7.82. The highest BCUT2D eigenvalue weighted by Crippen LogP contribution is 2.39. The summed E-state index contributed by atoms with van der Waals surface area (Å²) in [5.41, 5.74) is 3.38. The number of aromatic nitrogens is 1. The summed E-state index contributed by atoms with van der Waals surface area (Å²) < 4.78 is 29.6. The SMILES string of the molecule is COc1cc(C(=O)c2cn(-c3ccc(S(N)=O)cc3)cc2-c2ccccc2)cc(OC)c1OC. The van der Waals surface area contributed by atoms with Gasteiger partial charge in [0.25, 0.3) is 0 Å². The fourth-order valence-corrected chi connectivity index (χ4v) is 4.16. The minimum atomic E-state index is -1.56. The maximum atomic E-state index is 13.7. The number of ether oxygens (including phenoxy) is 3. The Hall–Kier alpha value is -3.88. The smallest absolute Gasteiger partial charge is 0.203 e. The van der Waals surface area contributed by atoms with Gasteiger partial charge < -0.3 is 18.8 Å². The molecular weight excluding hydrogens is 452 g/mol. The summed E-state index contributed by atoms with van der Waals surface area (Å²) in [5.74, 6) is 1.02. The van der Waals surface area contributed by atoms with Gasteiger partial charge in [-0.3, -0.25) is 4.79 Å². The number of rotatable bonds is 8. The Morgan fingerprint density at radius 3 is 2.00 bits per heavy atom. The van der Waals surface area contributed by atoms with Crippen molar-refractivity contribution in [1.29, 1.82) is 0 Å². The third-order valence-electron chi connectivity index (χ3n) is 5.45. The van der Waals surface area contributed by atoms with E-state index >= 15 is 0 Å². The van der Waals surface area contributed by atoms with E-state index in [-0.39, 0.29) is 5.78 Å². The summed E-state index contributed by atoms with van der Waals surface area (Å²) in [6, 6.07) is 20.0. The lowest BCUT2D eigenvalue weighted by Gasteiger charge is -2.14. The number of nitrogens with two attached hydrogens (primary N) is 1. The van der Waals surface area contributed by atoms with E-state index < -0.39 is 11.0 Å². The van der Waals surface area contributed by atoms with E-state index in [0.29, 0.717) is 33.3 Å². The Balaban J connectivity index is 1.85. The first-order chi connectivity index (χ1) is 16.5. The predicted molar refractivity (Wildman–Crippen MR) is 131 cm³/mol. The third kappa shape index (κ3) is 4.46. The number of benzene rings is 3. The fourth-order valence-electron chi connectivity index (χ4n) is 3.75. The molecule has 0 fully saturated rings. The van der Waals surface area contributed by atoms with Gasteiger partial charge in [-0.05, 0) is 42.0 Å². The molecule has 0 spiro atoms. The van der Waals surface area contributed by atoms with Crippen LogP contribution in [-0.4, -0.2) is 35.9 Å². The van der Waals surface area contributed by atoms with Crippen LogP contribution in [0.5, 0.6) is 17.2 Å². The Labute approximate surface area is 200 Å². The average molecular weight is 477 g/mol. The van der Waals surface area contributed by atoms with Crippen molar-refractivity contribution in [1.82, 2.24) is 4.57 Å². The van der Waals surface area contributed by atoms with Crippen LogP contribution in [0.3, 0.4) is 0 Å². The zero-order chi connectivity index (χ0) is 24.2. The lowest BCUT2D eigenvalue weighted by Crippen LogP contribution is -2.05. The van der Waals surface area contributed by atoms with Gasteiger partial charge in [0.05, 0.1) is 26.2 Å². The molecule has 0 aliphatic rings. The molecule has 0 amide bonds. The standard InChI is InChI=1S/C26H24N2O5S/c1-31-23-13-18(14-24(32-2)26(23)33-3)25(29)22-16-28(15-21(22)17-7-5-4-6-8-17)19-9-11-20(12-10-19)34(27)30/h4-16H,27H2,1-3H3. The normalized spacial score (nSPS) is 11.6. The van der Waals surface area contributed by atoms with E-state index in [2.05, 4.69) is 0 Å². The van der Waals surface area contributed by atoms with Crippen molar-refractivity contribution in [3.8, 4) is 34.1 Å². The molecule has 2 N–H and O–H groups in total. The van der Waals surface area contributed by atoms with Crippen LogP contribution in [0.1, 0.15) is 15.9 Å². The van der Waals surface area contributed by atoms with Crippen molar-refractivity contribution in [2.24, 2.45) is 5.14 Å². The van der Waals surface area contributed by atoms with Crippen LogP contribution in [0, 0.1) is 0 Å². The van der Waals surface area contributed by atoms with E-state index in [9.17, 15) is 9.00 Å². The molecule has 1 unspecified atom stereocenters. The summed E-state index contributed by atoms with van der Waals surface area (Å²) in [6.45, 7) is 0. The van der Waals surface area contributed by atoms with Gasteiger partial charge >= 0.3 is 0 Å². The van der Waals surface area contributed by atoms with E-state index in [4.69, 9.17) is 19.3 Å². The minimum absolute atomic E-state index is 0.198. The molecule has 0 saturated heterocycles. The molecule has 3 aromatic carbocycles. The highest BCUT2D eigenvalue weighted by Gasteiger charge is 2.22. The van der Waals surface area contributed by atoms with Gasteiger partial charge in [-0.25, -0.2) is 9.35 Å². The van der Waals surface area contributed by atoms with Gasteiger partial charge in [-0.1, -0.05) is 30.3 Å². The molecule has 1 aromatic heterocycles. The van der Waals surface area contributed by atoms with Crippen LogP contribution >= 0.6 is 0 Å². The van der Waals surface area contributed by atoms with Crippen molar-refractivity contribution in [2.75, 3.05) is 21.3 Å². The van der Waals surface area contributed by atoms with Gasteiger partial charge in [0.2, 0.25) is 5.75 Å². The maximum absolute atomic E-state index is 13.7. The molecule has 0 saturated carbocycles. The lowest BCUT2D eigenvalue weighted by molar-refractivity contribution is 0.103. The molecule has 0 bridgehead atoms. The van der Waals surface area contributed by atoms with Crippen LogP contribution in [0.25, 0.3) is 16.8 Å². The van der Waals surface area contributed by atoms with Crippen LogP contribution in [-0.2, 0) is 11.0 Å². The third-order valence-corrected chi connectivity index (χ3v) is 6.19. The first-order valence-corrected chi connectivity index (χ1v) is 11.6. The Bertz CT molecular complexity index is 1320. The summed E-state index contributed by atoms with van der Waals surface area (Å²) in [7, 11) is 2.97. The van der Waals surface area contributed by atoms with E-state index in [1.54, 1.807) is 30.5 Å². The lowest BCUT2D eigenvalue weighted by atomic mass is 9.97.